The zero-order valence-electron chi connectivity index (χ0n) is 11.3. The summed E-state index contributed by atoms with van der Waals surface area (Å²) in [6, 6.07) is 0. The Labute approximate surface area is 105 Å². The maximum Gasteiger partial charge on any atom is 0.225 e. The minimum absolute atomic E-state index is 0.150. The smallest absolute Gasteiger partial charge is 0.225 e. The third-order valence-electron chi connectivity index (χ3n) is 4.62. The number of rotatable bonds is 2. The Hall–Kier alpha value is -0.570. The molecule has 1 saturated heterocycles. The predicted octanol–water partition coefficient (Wildman–Crippen LogP) is 2.17. The molecule has 17 heavy (non-hydrogen) atoms. The predicted molar refractivity (Wildman–Crippen MR) is 69.9 cm³/mol. The molecule has 2 fully saturated rings. The van der Waals surface area contributed by atoms with Crippen LogP contribution in [0.15, 0.2) is 0 Å². The molecule has 3 heteroatoms. The first-order valence-electron chi connectivity index (χ1n) is 7.22. The van der Waals surface area contributed by atoms with Crippen molar-refractivity contribution < 1.29 is 4.79 Å². The summed E-state index contributed by atoms with van der Waals surface area (Å²) in [5.74, 6) is 0.572. The summed E-state index contributed by atoms with van der Waals surface area (Å²) in [7, 11) is 0. The van der Waals surface area contributed by atoms with Gasteiger partial charge in [-0.25, -0.2) is 0 Å². The summed E-state index contributed by atoms with van der Waals surface area (Å²) >= 11 is 0. The molecule has 2 rings (SSSR count). The number of amides is 1. The van der Waals surface area contributed by atoms with Gasteiger partial charge >= 0.3 is 0 Å². The first-order chi connectivity index (χ1) is 8.19. The Morgan fingerprint density at radius 1 is 1.35 bits per heavy atom. The highest BCUT2D eigenvalue weighted by molar-refractivity contribution is 5.79. The highest BCUT2D eigenvalue weighted by atomic mass is 16.2. The Kier molecular flexibility index (Phi) is 4.08. The molecule has 0 aromatic carbocycles. The molecule has 1 aliphatic heterocycles. The number of hydrogen-bond donors (Lipinski definition) is 1. The van der Waals surface area contributed by atoms with E-state index in [1.165, 1.54) is 32.1 Å². The quantitative estimate of drug-likeness (QED) is 0.799. The molecule has 0 bridgehead atoms. The van der Waals surface area contributed by atoms with Crippen molar-refractivity contribution in [2.75, 3.05) is 19.6 Å². The SMILES string of the molecule is CCC(C)C(=O)N1CCNCC12CCCCC2. The van der Waals surface area contributed by atoms with Crippen LogP contribution in [0.1, 0.15) is 52.4 Å². The van der Waals surface area contributed by atoms with Crippen LogP contribution in [0.5, 0.6) is 0 Å². The largest absolute Gasteiger partial charge is 0.334 e. The normalized spacial score (nSPS) is 25.9. The first-order valence-corrected chi connectivity index (χ1v) is 7.22. The average molecular weight is 238 g/mol. The number of carbonyl (C=O) groups is 1. The van der Waals surface area contributed by atoms with Crippen LogP contribution in [0.25, 0.3) is 0 Å². The molecule has 1 amide bonds. The Morgan fingerprint density at radius 3 is 2.71 bits per heavy atom. The molecule has 1 heterocycles. The second kappa shape index (κ2) is 5.38. The number of piperazine rings is 1. The standard InChI is InChI=1S/C14H26N2O/c1-3-12(2)13(17)16-10-9-15-11-14(16)7-5-4-6-8-14/h12,15H,3-11H2,1-2H3. The van der Waals surface area contributed by atoms with Crippen LogP contribution in [-0.4, -0.2) is 36.0 Å². The maximum absolute atomic E-state index is 12.5. The van der Waals surface area contributed by atoms with Crippen molar-refractivity contribution in [3.8, 4) is 0 Å². The van der Waals surface area contributed by atoms with Gasteiger partial charge in [-0.1, -0.05) is 33.1 Å². The van der Waals surface area contributed by atoms with E-state index in [9.17, 15) is 4.79 Å². The van der Waals surface area contributed by atoms with Gasteiger partial charge in [0.15, 0.2) is 0 Å². The number of hydrogen-bond acceptors (Lipinski definition) is 2. The van der Waals surface area contributed by atoms with Crippen LogP contribution in [-0.2, 0) is 4.79 Å². The second-order valence-corrected chi connectivity index (χ2v) is 5.76. The van der Waals surface area contributed by atoms with Gasteiger partial charge in [0.2, 0.25) is 5.91 Å². The van der Waals surface area contributed by atoms with Gasteiger partial charge in [-0.15, -0.1) is 0 Å². The monoisotopic (exact) mass is 238 g/mol. The minimum Gasteiger partial charge on any atom is -0.334 e. The first kappa shape index (κ1) is 12.9. The van der Waals surface area contributed by atoms with Gasteiger partial charge in [0.05, 0.1) is 5.54 Å². The maximum atomic E-state index is 12.5. The lowest BCUT2D eigenvalue weighted by Gasteiger charge is -2.50. The molecule has 98 valence electrons. The number of carbonyl (C=O) groups excluding carboxylic acids is 1. The van der Waals surface area contributed by atoms with Gasteiger partial charge in [0, 0.05) is 25.6 Å². The molecule has 1 saturated carbocycles. The van der Waals surface area contributed by atoms with Gasteiger partial charge in [-0.3, -0.25) is 4.79 Å². The summed E-state index contributed by atoms with van der Waals surface area (Å²) in [5, 5.41) is 3.49. The highest BCUT2D eigenvalue weighted by Gasteiger charge is 2.42. The Bertz CT molecular complexity index is 263. The molecule has 1 N–H and O–H groups in total. The lowest BCUT2D eigenvalue weighted by Crippen LogP contribution is -2.64. The van der Waals surface area contributed by atoms with Crippen LogP contribution >= 0.6 is 0 Å². The van der Waals surface area contributed by atoms with E-state index in [0.29, 0.717) is 5.91 Å². The van der Waals surface area contributed by atoms with E-state index in [1.807, 2.05) is 0 Å². The molecule has 1 unspecified atom stereocenters. The second-order valence-electron chi connectivity index (χ2n) is 5.76. The van der Waals surface area contributed by atoms with Crippen LogP contribution < -0.4 is 5.32 Å². The van der Waals surface area contributed by atoms with E-state index in [4.69, 9.17) is 0 Å². The van der Waals surface area contributed by atoms with E-state index in [1.54, 1.807) is 0 Å². The van der Waals surface area contributed by atoms with Crippen LogP contribution in [0.4, 0.5) is 0 Å². The van der Waals surface area contributed by atoms with Crippen molar-refractivity contribution in [1.29, 1.82) is 0 Å². The van der Waals surface area contributed by atoms with E-state index >= 15 is 0 Å². The van der Waals surface area contributed by atoms with E-state index in [2.05, 4.69) is 24.1 Å². The van der Waals surface area contributed by atoms with E-state index < -0.39 is 0 Å². The lowest BCUT2D eigenvalue weighted by molar-refractivity contribution is -0.145. The van der Waals surface area contributed by atoms with Gasteiger partial charge < -0.3 is 10.2 Å². The van der Waals surface area contributed by atoms with Crippen molar-refractivity contribution in [3.05, 3.63) is 0 Å². The number of nitrogens with zero attached hydrogens (tertiary/aromatic N) is 1. The molecular formula is C14H26N2O. The molecule has 1 aliphatic carbocycles. The van der Waals surface area contributed by atoms with E-state index in [0.717, 1.165) is 26.1 Å². The fourth-order valence-corrected chi connectivity index (χ4v) is 3.29. The fraction of sp³-hybridized carbons (Fsp3) is 0.929. The van der Waals surface area contributed by atoms with Crippen molar-refractivity contribution in [3.63, 3.8) is 0 Å². The average Bonchev–Trinajstić information content (AvgIpc) is 2.38. The minimum atomic E-state index is 0.150. The fourth-order valence-electron chi connectivity index (χ4n) is 3.29. The van der Waals surface area contributed by atoms with Gasteiger partial charge in [-0.05, 0) is 19.3 Å². The van der Waals surface area contributed by atoms with Crippen LogP contribution in [0.3, 0.4) is 0 Å². The highest BCUT2D eigenvalue weighted by Crippen LogP contribution is 2.35. The number of nitrogens with one attached hydrogen (secondary N) is 1. The third kappa shape index (κ3) is 2.49. The summed E-state index contributed by atoms with van der Waals surface area (Å²) in [4.78, 5) is 14.7. The molecule has 1 atom stereocenters. The Balaban J connectivity index is 2.13. The Morgan fingerprint density at radius 2 is 2.06 bits per heavy atom. The topological polar surface area (TPSA) is 32.3 Å². The van der Waals surface area contributed by atoms with Gasteiger partial charge in [0.1, 0.15) is 0 Å². The zero-order chi connectivity index (χ0) is 12.3. The summed E-state index contributed by atoms with van der Waals surface area (Å²) in [6.07, 6.45) is 7.26. The third-order valence-corrected chi connectivity index (χ3v) is 4.62. The van der Waals surface area contributed by atoms with Crippen LogP contribution in [0.2, 0.25) is 0 Å². The zero-order valence-corrected chi connectivity index (χ0v) is 11.3. The molecule has 0 aromatic rings. The van der Waals surface area contributed by atoms with Crippen LogP contribution in [0, 0.1) is 5.92 Å². The van der Waals surface area contributed by atoms with Gasteiger partial charge in [0.25, 0.3) is 0 Å². The summed E-state index contributed by atoms with van der Waals surface area (Å²) in [5.41, 5.74) is 0.150. The summed E-state index contributed by atoms with van der Waals surface area (Å²) in [6.45, 7) is 7.06. The molecule has 3 nitrogen and oxygen atoms in total. The molecule has 1 spiro atoms. The molecule has 0 radical (unpaired) electrons. The molecular weight excluding hydrogens is 212 g/mol. The van der Waals surface area contributed by atoms with Crippen molar-refractivity contribution >= 4 is 5.91 Å². The molecule has 2 aliphatic rings. The van der Waals surface area contributed by atoms with E-state index in [-0.39, 0.29) is 11.5 Å². The van der Waals surface area contributed by atoms with Crippen molar-refractivity contribution in [2.45, 2.75) is 57.9 Å². The van der Waals surface area contributed by atoms with Crippen molar-refractivity contribution in [2.24, 2.45) is 5.92 Å². The lowest BCUT2D eigenvalue weighted by atomic mass is 9.78. The molecule has 0 aromatic heterocycles. The van der Waals surface area contributed by atoms with Crippen molar-refractivity contribution in [1.82, 2.24) is 10.2 Å². The summed E-state index contributed by atoms with van der Waals surface area (Å²) < 4.78 is 0. The van der Waals surface area contributed by atoms with Gasteiger partial charge in [-0.2, -0.15) is 0 Å².